The van der Waals surface area contributed by atoms with Crippen molar-refractivity contribution in [2.75, 3.05) is 6.61 Å². The first-order valence-corrected chi connectivity index (χ1v) is 5.18. The molecule has 0 heterocycles. The van der Waals surface area contributed by atoms with Gasteiger partial charge in [-0.2, -0.15) is 0 Å². The third-order valence-corrected chi connectivity index (χ3v) is 2.82. The molecule has 1 rings (SSSR count). The van der Waals surface area contributed by atoms with Crippen molar-refractivity contribution in [3.05, 3.63) is 0 Å². The van der Waals surface area contributed by atoms with Gasteiger partial charge in [-0.05, 0) is 18.8 Å². The number of nitrogens with two attached hydrogens (primary N) is 1. The summed E-state index contributed by atoms with van der Waals surface area (Å²) in [5.74, 6) is 0.827. The number of ether oxygens (including phenoxy) is 1. The van der Waals surface area contributed by atoms with Gasteiger partial charge >= 0.3 is 0 Å². The predicted octanol–water partition coefficient (Wildman–Crippen LogP) is 1.91. The maximum Gasteiger partial charge on any atom is 0.117 e. The Morgan fingerprint density at radius 3 is 2.77 bits per heavy atom. The zero-order valence-corrected chi connectivity index (χ0v) is 8.38. The number of hydrogen-bond donors (Lipinski definition) is 2. The second kappa shape index (κ2) is 5.22. The van der Waals surface area contributed by atoms with Crippen LogP contribution < -0.4 is 5.73 Å². The molecule has 0 aromatic heterocycles. The van der Waals surface area contributed by atoms with Crippen LogP contribution in [0, 0.1) is 11.3 Å². The Hall–Kier alpha value is -0.570. The summed E-state index contributed by atoms with van der Waals surface area (Å²) in [4.78, 5) is 0. The van der Waals surface area contributed by atoms with Gasteiger partial charge in [0.2, 0.25) is 0 Å². The Morgan fingerprint density at radius 2 is 2.15 bits per heavy atom. The summed E-state index contributed by atoms with van der Waals surface area (Å²) in [7, 11) is 0. The van der Waals surface area contributed by atoms with E-state index in [9.17, 15) is 0 Å². The summed E-state index contributed by atoms with van der Waals surface area (Å²) in [6, 6.07) is 0. The average molecular weight is 184 g/mol. The van der Waals surface area contributed by atoms with Crippen molar-refractivity contribution in [2.24, 2.45) is 11.7 Å². The second-order valence-electron chi connectivity index (χ2n) is 3.83. The molecular weight excluding hydrogens is 164 g/mol. The Labute approximate surface area is 80.2 Å². The molecule has 13 heavy (non-hydrogen) atoms. The van der Waals surface area contributed by atoms with Crippen LogP contribution in [-0.2, 0) is 4.74 Å². The minimum absolute atomic E-state index is 0.139. The van der Waals surface area contributed by atoms with Crippen molar-refractivity contribution >= 4 is 5.84 Å². The normalized spacial score (nSPS) is 28.7. The molecule has 0 radical (unpaired) electrons. The molecule has 0 aromatic carbocycles. The fourth-order valence-electron chi connectivity index (χ4n) is 2.06. The summed E-state index contributed by atoms with van der Waals surface area (Å²) in [5.41, 5.74) is 5.25. The molecule has 1 saturated carbocycles. The maximum atomic E-state index is 7.09. The molecule has 1 fully saturated rings. The topological polar surface area (TPSA) is 59.1 Å². The molecular formula is C10H20N2O. The van der Waals surface area contributed by atoms with E-state index in [4.69, 9.17) is 15.9 Å². The lowest BCUT2D eigenvalue weighted by Crippen LogP contribution is -2.30. The molecule has 3 nitrogen and oxygen atoms in total. The fourth-order valence-corrected chi connectivity index (χ4v) is 2.06. The van der Waals surface area contributed by atoms with Crippen LogP contribution in [0.25, 0.3) is 0 Å². The van der Waals surface area contributed by atoms with Gasteiger partial charge in [0.15, 0.2) is 0 Å². The highest BCUT2D eigenvalue weighted by Gasteiger charge is 2.24. The standard InChI is InChI=1S/C10H20N2O/c1-2-8-5-3-4-6-9(8)13-7-10(11)12/h8-9H,2-7H2,1H3,(H3,11,12). The highest BCUT2D eigenvalue weighted by Crippen LogP contribution is 2.28. The van der Waals surface area contributed by atoms with Gasteiger partial charge in [-0.1, -0.05) is 26.2 Å². The number of hydrogen-bond acceptors (Lipinski definition) is 2. The second-order valence-corrected chi connectivity index (χ2v) is 3.83. The van der Waals surface area contributed by atoms with Crippen LogP contribution >= 0.6 is 0 Å². The highest BCUT2D eigenvalue weighted by atomic mass is 16.5. The molecule has 0 spiro atoms. The molecule has 0 aliphatic heterocycles. The Morgan fingerprint density at radius 1 is 1.46 bits per heavy atom. The fraction of sp³-hybridized carbons (Fsp3) is 0.900. The Balaban J connectivity index is 2.31. The molecule has 1 aliphatic carbocycles. The summed E-state index contributed by atoms with van der Waals surface area (Å²) in [6.45, 7) is 2.52. The quantitative estimate of drug-likeness (QED) is 0.518. The summed E-state index contributed by atoms with van der Waals surface area (Å²) in [6.07, 6.45) is 6.55. The van der Waals surface area contributed by atoms with Crippen LogP contribution in [0.4, 0.5) is 0 Å². The molecule has 0 aromatic rings. The first-order chi connectivity index (χ1) is 6.24. The molecule has 2 unspecified atom stereocenters. The molecule has 0 amide bonds. The summed E-state index contributed by atoms with van der Waals surface area (Å²) >= 11 is 0. The summed E-state index contributed by atoms with van der Waals surface area (Å²) < 4.78 is 5.60. The molecule has 3 N–H and O–H groups in total. The summed E-state index contributed by atoms with van der Waals surface area (Å²) in [5, 5.41) is 7.09. The monoisotopic (exact) mass is 184 g/mol. The highest BCUT2D eigenvalue weighted by molar-refractivity contribution is 5.78. The van der Waals surface area contributed by atoms with Crippen molar-refractivity contribution in [1.29, 1.82) is 5.41 Å². The van der Waals surface area contributed by atoms with Crippen LogP contribution in [0.3, 0.4) is 0 Å². The lowest BCUT2D eigenvalue weighted by molar-refractivity contribution is 0.00721. The Bertz CT molecular complexity index is 170. The third kappa shape index (κ3) is 3.35. The smallest absolute Gasteiger partial charge is 0.117 e. The molecule has 1 aliphatic rings. The van der Waals surface area contributed by atoms with Crippen LogP contribution in [0.2, 0.25) is 0 Å². The van der Waals surface area contributed by atoms with Crippen molar-refractivity contribution in [1.82, 2.24) is 0 Å². The van der Waals surface area contributed by atoms with E-state index in [-0.39, 0.29) is 5.84 Å². The van der Waals surface area contributed by atoms with Crippen LogP contribution in [-0.4, -0.2) is 18.5 Å². The van der Waals surface area contributed by atoms with Gasteiger partial charge in [-0.15, -0.1) is 0 Å². The zero-order valence-electron chi connectivity index (χ0n) is 8.38. The van der Waals surface area contributed by atoms with Crippen molar-refractivity contribution in [3.8, 4) is 0 Å². The zero-order chi connectivity index (χ0) is 9.68. The molecule has 2 atom stereocenters. The first-order valence-electron chi connectivity index (χ1n) is 5.18. The Kier molecular flexibility index (Phi) is 4.22. The van der Waals surface area contributed by atoms with E-state index in [1.165, 1.54) is 25.7 Å². The maximum absolute atomic E-state index is 7.09. The van der Waals surface area contributed by atoms with E-state index < -0.39 is 0 Å². The average Bonchev–Trinajstić information content (AvgIpc) is 2.15. The van der Waals surface area contributed by atoms with Gasteiger partial charge in [0.1, 0.15) is 12.4 Å². The number of nitrogens with one attached hydrogen (secondary N) is 1. The number of rotatable bonds is 4. The molecule has 0 saturated heterocycles. The lowest BCUT2D eigenvalue weighted by Gasteiger charge is -2.30. The van der Waals surface area contributed by atoms with E-state index in [1.807, 2.05) is 0 Å². The molecule has 76 valence electrons. The SMILES string of the molecule is CCC1CCCCC1OCC(=N)N. The third-order valence-electron chi connectivity index (χ3n) is 2.82. The van der Waals surface area contributed by atoms with E-state index in [1.54, 1.807) is 0 Å². The van der Waals surface area contributed by atoms with Crippen molar-refractivity contribution in [3.63, 3.8) is 0 Å². The van der Waals surface area contributed by atoms with Crippen LogP contribution in [0.15, 0.2) is 0 Å². The molecule has 0 bridgehead atoms. The number of amidine groups is 1. The lowest BCUT2D eigenvalue weighted by atomic mass is 9.85. The van der Waals surface area contributed by atoms with E-state index in [0.717, 1.165) is 6.42 Å². The van der Waals surface area contributed by atoms with Gasteiger partial charge in [0, 0.05) is 0 Å². The van der Waals surface area contributed by atoms with Crippen molar-refractivity contribution in [2.45, 2.75) is 45.1 Å². The van der Waals surface area contributed by atoms with Gasteiger partial charge in [0.25, 0.3) is 0 Å². The molecule has 3 heteroatoms. The van der Waals surface area contributed by atoms with Crippen LogP contribution in [0.1, 0.15) is 39.0 Å². The first kappa shape index (κ1) is 10.5. The van der Waals surface area contributed by atoms with Gasteiger partial charge < -0.3 is 10.5 Å². The van der Waals surface area contributed by atoms with Crippen LogP contribution in [0.5, 0.6) is 0 Å². The van der Waals surface area contributed by atoms with E-state index in [2.05, 4.69) is 6.92 Å². The minimum Gasteiger partial charge on any atom is -0.386 e. The minimum atomic E-state index is 0.139. The van der Waals surface area contributed by atoms with E-state index in [0.29, 0.717) is 18.6 Å². The largest absolute Gasteiger partial charge is 0.386 e. The predicted molar refractivity (Wildman–Crippen MR) is 53.9 cm³/mol. The van der Waals surface area contributed by atoms with Crippen molar-refractivity contribution < 1.29 is 4.74 Å². The van der Waals surface area contributed by atoms with Gasteiger partial charge in [-0.3, -0.25) is 5.41 Å². The van der Waals surface area contributed by atoms with Gasteiger partial charge in [0.05, 0.1) is 6.10 Å². The van der Waals surface area contributed by atoms with Gasteiger partial charge in [-0.25, -0.2) is 0 Å². The van der Waals surface area contributed by atoms with E-state index >= 15 is 0 Å².